The van der Waals surface area contributed by atoms with Crippen LogP contribution >= 0.6 is 0 Å². The van der Waals surface area contributed by atoms with Crippen LogP contribution in [0, 0.1) is 5.92 Å². The van der Waals surface area contributed by atoms with E-state index in [9.17, 15) is 19.2 Å². The lowest BCUT2D eigenvalue weighted by molar-refractivity contribution is -0.150. The molecule has 1 saturated heterocycles. The maximum atomic E-state index is 12.0. The van der Waals surface area contributed by atoms with Gasteiger partial charge >= 0.3 is 17.9 Å². The molecule has 2 aliphatic rings. The highest BCUT2D eigenvalue weighted by atomic mass is 16.6. The molecule has 2 rings (SSSR count). The molecule has 1 heterocycles. The number of rotatable bonds is 4. The fourth-order valence-corrected chi connectivity index (χ4v) is 3.13. The molecule has 1 aliphatic heterocycles. The summed E-state index contributed by atoms with van der Waals surface area (Å²) in [5.41, 5.74) is 1.41. The van der Waals surface area contributed by atoms with Crippen LogP contribution in [0.1, 0.15) is 33.1 Å². The van der Waals surface area contributed by atoms with Crippen LogP contribution in [0.15, 0.2) is 35.5 Å². The third kappa shape index (κ3) is 4.91. The van der Waals surface area contributed by atoms with Crippen molar-refractivity contribution in [2.24, 2.45) is 5.92 Å². The first-order valence-corrected chi connectivity index (χ1v) is 8.36. The number of carbonyl (C=O) groups excluding carboxylic acids is 4. The number of fused-ring (bicyclic) bond motifs is 1. The van der Waals surface area contributed by atoms with Gasteiger partial charge in [-0.05, 0) is 30.1 Å². The van der Waals surface area contributed by atoms with Crippen LogP contribution in [0.2, 0.25) is 0 Å². The number of hydrogen-bond acceptors (Lipinski definition) is 7. The van der Waals surface area contributed by atoms with Crippen LogP contribution in [0.25, 0.3) is 0 Å². The number of hydrogen-bond donors (Lipinski definition) is 0. The predicted molar refractivity (Wildman–Crippen MR) is 90.8 cm³/mol. The first-order chi connectivity index (χ1) is 12.3. The van der Waals surface area contributed by atoms with Crippen LogP contribution < -0.4 is 0 Å². The van der Waals surface area contributed by atoms with Crippen molar-refractivity contribution in [2.45, 2.75) is 45.3 Å². The third-order valence-corrected chi connectivity index (χ3v) is 4.30. The van der Waals surface area contributed by atoms with E-state index >= 15 is 0 Å². The Labute approximate surface area is 151 Å². The Morgan fingerprint density at radius 1 is 1.35 bits per heavy atom. The molecule has 1 aliphatic carbocycles. The van der Waals surface area contributed by atoms with Gasteiger partial charge < -0.3 is 14.2 Å². The molecule has 1 fully saturated rings. The fraction of sp³-hybridized carbons (Fsp3) is 0.474. The van der Waals surface area contributed by atoms with E-state index in [1.165, 1.54) is 13.8 Å². The number of carbonyl (C=O) groups is 4. The molecule has 0 N–H and O–H groups in total. The quantitative estimate of drug-likeness (QED) is 0.247. The first kappa shape index (κ1) is 19.6. The van der Waals surface area contributed by atoms with Crippen molar-refractivity contribution < 1.29 is 33.4 Å². The van der Waals surface area contributed by atoms with E-state index in [4.69, 9.17) is 14.2 Å². The molecule has 7 nitrogen and oxygen atoms in total. The number of ether oxygens (including phenoxy) is 3. The standard InChI is InChI=1S/C19H22O7/c1-11-18-16(25-13(3)22)8-15(10-24-12(2)21)6-4-5-14(9-20)7-17(18)26-19(11)23/h6-7,9,16-18H,1,4-5,8,10H2,2-3H3. The smallest absolute Gasteiger partial charge is 0.334 e. The molecule has 140 valence electrons. The minimum atomic E-state index is -0.729. The van der Waals surface area contributed by atoms with Gasteiger partial charge in [-0.3, -0.25) is 14.4 Å². The topological polar surface area (TPSA) is 96.0 Å². The monoisotopic (exact) mass is 362 g/mol. The molecule has 0 aromatic heterocycles. The normalized spacial score (nSPS) is 26.0. The third-order valence-electron chi connectivity index (χ3n) is 4.30. The Kier molecular flexibility index (Phi) is 6.49. The van der Waals surface area contributed by atoms with Crippen molar-refractivity contribution in [3.63, 3.8) is 0 Å². The molecule has 0 saturated carbocycles. The van der Waals surface area contributed by atoms with Gasteiger partial charge in [-0.15, -0.1) is 0 Å². The zero-order valence-electron chi connectivity index (χ0n) is 14.9. The molecule has 7 heteroatoms. The SMILES string of the molecule is C=C1C(=O)OC2C=C(C=O)CCC=C(COC(C)=O)CC(OC(C)=O)C12. The number of allylic oxidation sites excluding steroid dienone is 2. The Bertz CT molecular complexity index is 686. The molecule has 0 radical (unpaired) electrons. The molecule has 3 atom stereocenters. The molecular weight excluding hydrogens is 340 g/mol. The lowest BCUT2D eigenvalue weighted by Gasteiger charge is -2.27. The van der Waals surface area contributed by atoms with Gasteiger partial charge in [0.2, 0.25) is 0 Å². The highest BCUT2D eigenvalue weighted by Crippen LogP contribution is 2.36. The first-order valence-electron chi connectivity index (χ1n) is 8.36. The molecule has 0 aromatic rings. The van der Waals surface area contributed by atoms with E-state index in [0.717, 1.165) is 5.57 Å². The Balaban J connectivity index is 2.39. The van der Waals surface area contributed by atoms with E-state index < -0.39 is 36.0 Å². The van der Waals surface area contributed by atoms with Gasteiger partial charge in [0.05, 0.1) is 5.92 Å². The van der Waals surface area contributed by atoms with Crippen molar-refractivity contribution in [1.29, 1.82) is 0 Å². The van der Waals surface area contributed by atoms with Gasteiger partial charge in [-0.25, -0.2) is 4.79 Å². The minimum absolute atomic E-state index is 0.0475. The molecule has 0 spiro atoms. The minimum Gasteiger partial charge on any atom is -0.461 e. The largest absolute Gasteiger partial charge is 0.461 e. The van der Waals surface area contributed by atoms with Crippen molar-refractivity contribution in [3.8, 4) is 0 Å². The number of esters is 3. The molecule has 0 amide bonds. The summed E-state index contributed by atoms with van der Waals surface area (Å²) in [5.74, 6) is -2.13. The lowest BCUT2D eigenvalue weighted by Crippen LogP contribution is -2.33. The Hall–Kier alpha value is -2.70. The zero-order chi connectivity index (χ0) is 19.3. The molecule has 3 unspecified atom stereocenters. The maximum Gasteiger partial charge on any atom is 0.334 e. The number of aldehydes is 1. The summed E-state index contributed by atoms with van der Waals surface area (Å²) >= 11 is 0. The van der Waals surface area contributed by atoms with E-state index in [0.29, 0.717) is 24.7 Å². The summed E-state index contributed by atoms with van der Waals surface area (Å²) in [6.07, 6.45) is 3.99. The van der Waals surface area contributed by atoms with E-state index in [-0.39, 0.29) is 18.6 Å². The summed E-state index contributed by atoms with van der Waals surface area (Å²) in [7, 11) is 0. The second-order valence-electron chi connectivity index (χ2n) is 6.31. The van der Waals surface area contributed by atoms with Crippen molar-refractivity contribution in [3.05, 3.63) is 35.5 Å². The van der Waals surface area contributed by atoms with E-state index in [1.54, 1.807) is 6.08 Å². The van der Waals surface area contributed by atoms with Gasteiger partial charge in [-0.2, -0.15) is 0 Å². The lowest BCUT2D eigenvalue weighted by atomic mass is 9.85. The van der Waals surface area contributed by atoms with E-state index in [1.807, 2.05) is 6.08 Å². The van der Waals surface area contributed by atoms with Crippen molar-refractivity contribution in [1.82, 2.24) is 0 Å². The average Bonchev–Trinajstić information content (AvgIpc) is 2.84. The summed E-state index contributed by atoms with van der Waals surface area (Å²) < 4.78 is 15.8. The second kappa shape index (κ2) is 8.60. The van der Waals surface area contributed by atoms with Crippen LogP contribution in [-0.2, 0) is 33.4 Å². The highest BCUT2D eigenvalue weighted by Gasteiger charge is 2.44. The Morgan fingerprint density at radius 3 is 2.69 bits per heavy atom. The van der Waals surface area contributed by atoms with Crippen LogP contribution in [0.3, 0.4) is 0 Å². The van der Waals surface area contributed by atoms with Gasteiger partial charge in [0.1, 0.15) is 25.1 Å². The zero-order valence-corrected chi connectivity index (χ0v) is 14.9. The molecule has 26 heavy (non-hydrogen) atoms. The van der Waals surface area contributed by atoms with Gasteiger partial charge in [0.15, 0.2) is 0 Å². The second-order valence-corrected chi connectivity index (χ2v) is 6.31. The van der Waals surface area contributed by atoms with Crippen LogP contribution in [0.5, 0.6) is 0 Å². The van der Waals surface area contributed by atoms with Crippen LogP contribution in [-0.4, -0.2) is 43.0 Å². The summed E-state index contributed by atoms with van der Waals surface area (Å²) in [5, 5.41) is 0. The van der Waals surface area contributed by atoms with Gasteiger partial charge in [-0.1, -0.05) is 12.7 Å². The summed E-state index contributed by atoms with van der Waals surface area (Å²) in [6, 6.07) is 0. The van der Waals surface area contributed by atoms with Gasteiger partial charge in [0, 0.05) is 25.8 Å². The maximum absolute atomic E-state index is 12.0. The van der Waals surface area contributed by atoms with Crippen molar-refractivity contribution in [2.75, 3.05) is 6.61 Å². The molecular formula is C19H22O7. The van der Waals surface area contributed by atoms with E-state index in [2.05, 4.69) is 6.58 Å². The fourth-order valence-electron chi connectivity index (χ4n) is 3.13. The van der Waals surface area contributed by atoms with Crippen LogP contribution in [0.4, 0.5) is 0 Å². The highest BCUT2D eigenvalue weighted by molar-refractivity contribution is 5.91. The van der Waals surface area contributed by atoms with Gasteiger partial charge in [0.25, 0.3) is 0 Å². The molecule has 0 bridgehead atoms. The Morgan fingerprint density at radius 2 is 2.08 bits per heavy atom. The summed E-state index contributed by atoms with van der Waals surface area (Å²) in [4.78, 5) is 46.0. The van der Waals surface area contributed by atoms with Crippen molar-refractivity contribution >= 4 is 24.2 Å². The molecule has 0 aromatic carbocycles. The summed E-state index contributed by atoms with van der Waals surface area (Å²) in [6.45, 7) is 6.39. The average molecular weight is 362 g/mol. The predicted octanol–water partition coefficient (Wildman–Crippen LogP) is 1.81.